The van der Waals surface area contributed by atoms with E-state index in [2.05, 4.69) is 15.0 Å². The van der Waals surface area contributed by atoms with Gasteiger partial charge in [0.1, 0.15) is 16.4 Å². The molecule has 0 saturated heterocycles. The van der Waals surface area contributed by atoms with Crippen molar-refractivity contribution in [2.45, 2.75) is 11.4 Å². The first-order valence-electron chi connectivity index (χ1n) is 7.33. The van der Waals surface area contributed by atoms with Crippen LogP contribution in [0.25, 0.3) is 0 Å². The summed E-state index contributed by atoms with van der Waals surface area (Å²) in [7, 11) is -1.15. The van der Waals surface area contributed by atoms with E-state index in [4.69, 9.17) is 9.47 Å². The van der Waals surface area contributed by atoms with E-state index in [1.165, 1.54) is 26.4 Å². The van der Waals surface area contributed by atoms with Crippen molar-refractivity contribution in [3.05, 3.63) is 48.3 Å². The number of carbonyl (C=O) groups excluding carboxylic acids is 1. The molecular formula is C16H19N3O5S. The minimum atomic E-state index is -3.94. The molecule has 0 aliphatic rings. The minimum Gasteiger partial charge on any atom is -0.497 e. The maximum absolute atomic E-state index is 12.4. The van der Waals surface area contributed by atoms with E-state index in [0.29, 0.717) is 5.75 Å². The number of sulfonamides is 1. The number of nitrogens with one attached hydrogen (secondary N) is 2. The van der Waals surface area contributed by atoms with Crippen molar-refractivity contribution < 1.29 is 22.7 Å². The third-order valence-corrected chi connectivity index (χ3v) is 4.72. The molecular weight excluding hydrogens is 346 g/mol. The van der Waals surface area contributed by atoms with Gasteiger partial charge in [-0.15, -0.1) is 0 Å². The van der Waals surface area contributed by atoms with E-state index >= 15 is 0 Å². The molecule has 1 heterocycles. The summed E-state index contributed by atoms with van der Waals surface area (Å²) in [5, 5.41) is 2.61. The molecule has 0 fully saturated rings. The van der Waals surface area contributed by atoms with Crippen molar-refractivity contribution in [1.82, 2.24) is 15.0 Å². The fourth-order valence-corrected chi connectivity index (χ4v) is 3.16. The van der Waals surface area contributed by atoms with Crippen LogP contribution in [0.4, 0.5) is 0 Å². The van der Waals surface area contributed by atoms with Gasteiger partial charge in [0.2, 0.25) is 15.9 Å². The molecule has 1 aromatic heterocycles. The van der Waals surface area contributed by atoms with Crippen LogP contribution >= 0.6 is 0 Å². The number of hydrogen-bond acceptors (Lipinski definition) is 6. The average Bonchev–Trinajstić information content (AvgIpc) is 2.65. The minimum absolute atomic E-state index is 0.102. The number of methoxy groups -OCH3 is 2. The van der Waals surface area contributed by atoms with Crippen LogP contribution in [0, 0.1) is 0 Å². The molecule has 1 amide bonds. The predicted molar refractivity (Wildman–Crippen MR) is 90.8 cm³/mol. The Morgan fingerprint density at radius 3 is 2.64 bits per heavy atom. The number of ether oxygens (including phenoxy) is 2. The van der Waals surface area contributed by atoms with Crippen LogP contribution in [-0.4, -0.2) is 40.1 Å². The molecule has 0 unspecified atom stereocenters. The quantitative estimate of drug-likeness (QED) is 0.713. The van der Waals surface area contributed by atoms with Crippen LogP contribution in [0.2, 0.25) is 0 Å². The van der Waals surface area contributed by atoms with Crippen LogP contribution in [0.3, 0.4) is 0 Å². The van der Waals surface area contributed by atoms with Crippen molar-refractivity contribution in [1.29, 1.82) is 0 Å². The van der Waals surface area contributed by atoms with Crippen molar-refractivity contribution in [3.8, 4) is 11.5 Å². The fourth-order valence-electron chi connectivity index (χ4n) is 2.00. The normalized spacial score (nSPS) is 11.0. The van der Waals surface area contributed by atoms with Gasteiger partial charge < -0.3 is 14.8 Å². The summed E-state index contributed by atoms with van der Waals surface area (Å²) in [6.45, 7) is -0.139. The Morgan fingerprint density at radius 2 is 2.00 bits per heavy atom. The molecule has 0 spiro atoms. The highest BCUT2D eigenvalue weighted by molar-refractivity contribution is 7.89. The molecule has 8 nitrogen and oxygen atoms in total. The topological polar surface area (TPSA) is 107 Å². The molecule has 0 aliphatic heterocycles. The Bertz CT molecular complexity index is 825. The van der Waals surface area contributed by atoms with Crippen molar-refractivity contribution >= 4 is 15.9 Å². The fraction of sp³-hybridized carbons (Fsp3) is 0.250. The van der Waals surface area contributed by atoms with Gasteiger partial charge in [-0.2, -0.15) is 0 Å². The van der Waals surface area contributed by atoms with Gasteiger partial charge in [0.25, 0.3) is 0 Å². The molecule has 2 aromatic rings. The van der Waals surface area contributed by atoms with E-state index in [1.54, 1.807) is 30.6 Å². The second kappa shape index (κ2) is 8.45. The summed E-state index contributed by atoms with van der Waals surface area (Å²) in [5.41, 5.74) is 0.813. The SMILES string of the molecule is COc1ccc(OC)c(S(=O)(=O)NCC(=O)NCc2cccnc2)c1. The van der Waals surface area contributed by atoms with Gasteiger partial charge >= 0.3 is 0 Å². The molecule has 0 aliphatic carbocycles. The highest BCUT2D eigenvalue weighted by atomic mass is 32.2. The van der Waals surface area contributed by atoms with Crippen molar-refractivity contribution in [3.63, 3.8) is 0 Å². The van der Waals surface area contributed by atoms with Gasteiger partial charge in [0.05, 0.1) is 20.8 Å². The monoisotopic (exact) mass is 365 g/mol. The van der Waals surface area contributed by atoms with Gasteiger partial charge in [-0.25, -0.2) is 13.1 Å². The third kappa shape index (κ3) is 5.16. The molecule has 9 heteroatoms. The maximum Gasteiger partial charge on any atom is 0.244 e. The summed E-state index contributed by atoms with van der Waals surface area (Å²) >= 11 is 0. The third-order valence-electron chi connectivity index (χ3n) is 3.30. The van der Waals surface area contributed by atoms with Crippen LogP contribution in [-0.2, 0) is 21.4 Å². The largest absolute Gasteiger partial charge is 0.497 e. The zero-order chi connectivity index (χ0) is 18.3. The lowest BCUT2D eigenvalue weighted by atomic mass is 10.3. The zero-order valence-electron chi connectivity index (χ0n) is 13.9. The van der Waals surface area contributed by atoms with E-state index in [-0.39, 0.29) is 17.2 Å². The molecule has 25 heavy (non-hydrogen) atoms. The standard InChI is InChI=1S/C16H19N3O5S/c1-23-13-5-6-14(24-2)15(8-13)25(21,22)19-11-16(20)18-10-12-4-3-7-17-9-12/h3-9,19H,10-11H2,1-2H3,(H,18,20). The molecule has 134 valence electrons. The van der Waals surface area contributed by atoms with Gasteiger partial charge in [-0.05, 0) is 23.8 Å². The number of hydrogen-bond donors (Lipinski definition) is 2. The summed E-state index contributed by atoms with van der Waals surface area (Å²) in [6, 6.07) is 7.95. The molecule has 2 N–H and O–H groups in total. The number of benzene rings is 1. The predicted octanol–water partition coefficient (Wildman–Crippen LogP) is 0.693. The Hall–Kier alpha value is -2.65. The van der Waals surface area contributed by atoms with Crippen LogP contribution in [0.1, 0.15) is 5.56 Å². The highest BCUT2D eigenvalue weighted by Crippen LogP contribution is 2.27. The first-order chi connectivity index (χ1) is 12.0. The molecule has 0 atom stereocenters. The van der Waals surface area contributed by atoms with E-state index < -0.39 is 22.5 Å². The van der Waals surface area contributed by atoms with Crippen molar-refractivity contribution in [2.75, 3.05) is 20.8 Å². The number of nitrogens with zero attached hydrogens (tertiary/aromatic N) is 1. The lowest BCUT2D eigenvalue weighted by molar-refractivity contribution is -0.120. The lowest BCUT2D eigenvalue weighted by Crippen LogP contribution is -2.36. The molecule has 0 saturated carbocycles. The second-order valence-electron chi connectivity index (χ2n) is 4.98. The van der Waals surface area contributed by atoms with Gasteiger partial charge in [-0.3, -0.25) is 9.78 Å². The molecule has 0 radical (unpaired) electrons. The number of aromatic nitrogens is 1. The highest BCUT2D eigenvalue weighted by Gasteiger charge is 2.21. The van der Waals surface area contributed by atoms with Gasteiger partial charge in [-0.1, -0.05) is 6.07 Å². The van der Waals surface area contributed by atoms with Crippen LogP contribution < -0.4 is 19.5 Å². The number of carbonyl (C=O) groups is 1. The van der Waals surface area contributed by atoms with Gasteiger partial charge in [0, 0.05) is 25.0 Å². The Balaban J connectivity index is 2.00. The van der Waals surface area contributed by atoms with Crippen LogP contribution in [0.15, 0.2) is 47.6 Å². The molecule has 1 aromatic carbocycles. The maximum atomic E-state index is 12.4. The molecule has 0 bridgehead atoms. The smallest absolute Gasteiger partial charge is 0.244 e. The second-order valence-corrected chi connectivity index (χ2v) is 6.71. The lowest BCUT2D eigenvalue weighted by Gasteiger charge is -2.12. The first-order valence-corrected chi connectivity index (χ1v) is 8.82. The average molecular weight is 365 g/mol. The van der Waals surface area contributed by atoms with E-state index in [1.807, 2.05) is 0 Å². The Labute approximate surface area is 146 Å². The Kier molecular flexibility index (Phi) is 6.31. The summed E-state index contributed by atoms with van der Waals surface area (Å²) < 4.78 is 37.2. The number of rotatable bonds is 8. The van der Waals surface area contributed by atoms with Gasteiger partial charge in [0.15, 0.2) is 0 Å². The van der Waals surface area contributed by atoms with Crippen LogP contribution in [0.5, 0.6) is 11.5 Å². The summed E-state index contributed by atoms with van der Waals surface area (Å²) in [6.07, 6.45) is 3.24. The van der Waals surface area contributed by atoms with E-state index in [0.717, 1.165) is 5.56 Å². The summed E-state index contributed by atoms with van der Waals surface area (Å²) in [5.74, 6) is 0.0561. The van der Waals surface area contributed by atoms with E-state index in [9.17, 15) is 13.2 Å². The number of amides is 1. The first kappa shape index (κ1) is 18.7. The molecule has 2 rings (SSSR count). The van der Waals surface area contributed by atoms with Crippen molar-refractivity contribution in [2.24, 2.45) is 0 Å². The summed E-state index contributed by atoms with van der Waals surface area (Å²) in [4.78, 5) is 15.7. The Morgan fingerprint density at radius 1 is 1.20 bits per heavy atom. The number of pyridine rings is 1. The zero-order valence-corrected chi connectivity index (χ0v) is 14.7.